The van der Waals surface area contributed by atoms with Gasteiger partial charge in [-0.2, -0.15) is 0 Å². The van der Waals surface area contributed by atoms with Crippen molar-refractivity contribution in [1.29, 1.82) is 0 Å². The molecule has 0 aliphatic carbocycles. The Morgan fingerprint density at radius 3 is 2.59 bits per heavy atom. The highest BCUT2D eigenvalue weighted by molar-refractivity contribution is 5.90. The van der Waals surface area contributed by atoms with E-state index in [2.05, 4.69) is 6.08 Å². The molecule has 17 heavy (non-hydrogen) atoms. The van der Waals surface area contributed by atoms with Crippen molar-refractivity contribution in [1.82, 2.24) is 4.90 Å². The molecule has 1 aliphatic heterocycles. The number of likely N-dealkylation sites (tertiary alicyclic amines) is 1. The summed E-state index contributed by atoms with van der Waals surface area (Å²) in [6.45, 7) is 2.03. The summed E-state index contributed by atoms with van der Waals surface area (Å²) in [6.07, 6.45) is 1.78. The maximum Gasteiger partial charge on any atom is 0.254 e. The third-order valence-electron chi connectivity index (χ3n) is 3.21. The fourth-order valence-electron chi connectivity index (χ4n) is 2.27. The second-order valence-corrected chi connectivity index (χ2v) is 4.35. The fourth-order valence-corrected chi connectivity index (χ4v) is 2.27. The van der Waals surface area contributed by atoms with Gasteiger partial charge in [0.05, 0.1) is 6.04 Å². The van der Waals surface area contributed by atoms with Crippen LogP contribution in [0.4, 0.5) is 0 Å². The van der Waals surface area contributed by atoms with E-state index in [0.717, 1.165) is 11.1 Å². The molecule has 90 valence electrons. The number of likely N-dealkylation sites (N-methyl/N-ethyl adjacent to an activating group) is 1. The van der Waals surface area contributed by atoms with Crippen LogP contribution in [0.15, 0.2) is 35.9 Å². The van der Waals surface area contributed by atoms with E-state index in [9.17, 15) is 4.79 Å². The number of carbonyl (C=O) groups excluding carboxylic acids is 1. The lowest BCUT2D eigenvalue weighted by molar-refractivity contribution is -0.163. The first-order valence-electron chi connectivity index (χ1n) is 5.68. The summed E-state index contributed by atoms with van der Waals surface area (Å²) in [6, 6.07) is 10.2. The molecule has 0 unspecified atom stereocenters. The Morgan fingerprint density at radius 2 is 2.00 bits per heavy atom. The largest absolute Gasteiger partial charge is 0.369 e. The molecule has 2 atom stereocenters. The molecule has 0 radical (unpaired) electrons. The number of ether oxygens (including phenoxy) is 1. The van der Waals surface area contributed by atoms with Crippen molar-refractivity contribution in [2.24, 2.45) is 0 Å². The molecule has 0 spiro atoms. The van der Waals surface area contributed by atoms with Gasteiger partial charge in [-0.15, -0.1) is 0 Å². The molecule has 0 bridgehead atoms. The summed E-state index contributed by atoms with van der Waals surface area (Å²) < 4.78 is 5.21. The van der Waals surface area contributed by atoms with Crippen LogP contribution in [0.25, 0.3) is 6.08 Å². The zero-order valence-electron chi connectivity index (χ0n) is 10.4. The summed E-state index contributed by atoms with van der Waals surface area (Å²) >= 11 is 0. The summed E-state index contributed by atoms with van der Waals surface area (Å²) in [4.78, 5) is 13.3. The van der Waals surface area contributed by atoms with Crippen LogP contribution in [-0.2, 0) is 9.53 Å². The van der Waals surface area contributed by atoms with Gasteiger partial charge < -0.3 is 9.64 Å². The van der Waals surface area contributed by atoms with Crippen molar-refractivity contribution in [3.05, 3.63) is 41.5 Å². The van der Waals surface area contributed by atoms with Gasteiger partial charge in [0.1, 0.15) is 0 Å². The SMILES string of the molecule is CO[C@H]1C(=O)N(C)[C@H]1/C(C)=C\c1ccccc1. The van der Waals surface area contributed by atoms with Crippen LogP contribution < -0.4 is 0 Å². The number of benzene rings is 1. The zero-order valence-corrected chi connectivity index (χ0v) is 10.4. The normalized spacial score (nSPS) is 24.8. The molecule has 1 amide bonds. The minimum Gasteiger partial charge on any atom is -0.369 e. The zero-order chi connectivity index (χ0) is 12.4. The number of carbonyl (C=O) groups is 1. The lowest BCUT2D eigenvalue weighted by atomic mass is 9.91. The molecule has 1 aromatic carbocycles. The predicted molar refractivity (Wildman–Crippen MR) is 67.4 cm³/mol. The van der Waals surface area contributed by atoms with E-state index in [4.69, 9.17) is 4.74 Å². The van der Waals surface area contributed by atoms with Crippen molar-refractivity contribution in [3.63, 3.8) is 0 Å². The number of amides is 1. The van der Waals surface area contributed by atoms with Crippen LogP contribution in [0.2, 0.25) is 0 Å². The van der Waals surface area contributed by atoms with Gasteiger partial charge in [0.15, 0.2) is 6.10 Å². The minimum absolute atomic E-state index is 0.0540. The van der Waals surface area contributed by atoms with Crippen LogP contribution in [0.5, 0.6) is 0 Å². The summed E-state index contributed by atoms with van der Waals surface area (Å²) in [5, 5.41) is 0. The number of hydrogen-bond donors (Lipinski definition) is 0. The van der Waals surface area contributed by atoms with Crippen LogP contribution in [0, 0.1) is 0 Å². The maximum absolute atomic E-state index is 11.5. The van der Waals surface area contributed by atoms with Gasteiger partial charge in [0.25, 0.3) is 5.91 Å². The van der Waals surface area contributed by atoms with E-state index >= 15 is 0 Å². The Labute approximate surface area is 102 Å². The highest BCUT2D eigenvalue weighted by Crippen LogP contribution is 2.27. The van der Waals surface area contributed by atoms with Crippen LogP contribution >= 0.6 is 0 Å². The number of rotatable bonds is 3. The summed E-state index contributed by atoms with van der Waals surface area (Å²) in [7, 11) is 3.39. The van der Waals surface area contributed by atoms with E-state index in [1.165, 1.54) is 0 Å². The Bertz CT molecular complexity index is 439. The van der Waals surface area contributed by atoms with Gasteiger partial charge in [-0.1, -0.05) is 36.4 Å². The second-order valence-electron chi connectivity index (χ2n) is 4.35. The Balaban J connectivity index is 2.18. The molecule has 2 rings (SSSR count). The van der Waals surface area contributed by atoms with Gasteiger partial charge in [-0.3, -0.25) is 4.79 Å². The van der Waals surface area contributed by atoms with Crippen LogP contribution in [0.3, 0.4) is 0 Å². The highest BCUT2D eigenvalue weighted by atomic mass is 16.5. The molecule has 1 aliphatic rings. The highest BCUT2D eigenvalue weighted by Gasteiger charge is 2.45. The molecular weight excluding hydrogens is 214 g/mol. The third kappa shape index (κ3) is 2.11. The first-order chi connectivity index (χ1) is 8.15. The predicted octanol–water partition coefficient (Wildman–Crippen LogP) is 1.95. The van der Waals surface area contributed by atoms with Gasteiger partial charge in [-0.05, 0) is 18.1 Å². The van der Waals surface area contributed by atoms with Gasteiger partial charge >= 0.3 is 0 Å². The van der Waals surface area contributed by atoms with E-state index < -0.39 is 0 Å². The number of hydrogen-bond acceptors (Lipinski definition) is 2. The molecule has 3 heteroatoms. The van der Waals surface area contributed by atoms with E-state index in [-0.39, 0.29) is 18.1 Å². The van der Waals surface area contributed by atoms with Crippen molar-refractivity contribution in [2.45, 2.75) is 19.1 Å². The van der Waals surface area contributed by atoms with E-state index in [1.54, 1.807) is 12.0 Å². The molecule has 1 fully saturated rings. The van der Waals surface area contributed by atoms with Crippen molar-refractivity contribution < 1.29 is 9.53 Å². The van der Waals surface area contributed by atoms with Crippen molar-refractivity contribution in [3.8, 4) is 0 Å². The smallest absolute Gasteiger partial charge is 0.254 e. The first kappa shape index (κ1) is 11.9. The fraction of sp³-hybridized carbons (Fsp3) is 0.357. The maximum atomic E-state index is 11.5. The number of nitrogens with zero attached hydrogens (tertiary/aromatic N) is 1. The van der Waals surface area contributed by atoms with Crippen LogP contribution in [-0.4, -0.2) is 37.1 Å². The van der Waals surface area contributed by atoms with E-state index in [1.807, 2.05) is 44.3 Å². The van der Waals surface area contributed by atoms with Gasteiger partial charge in [-0.25, -0.2) is 0 Å². The molecule has 1 aromatic rings. The topological polar surface area (TPSA) is 29.5 Å². The monoisotopic (exact) mass is 231 g/mol. The van der Waals surface area contributed by atoms with E-state index in [0.29, 0.717) is 0 Å². The molecule has 1 saturated heterocycles. The molecule has 3 nitrogen and oxygen atoms in total. The molecular formula is C14H17NO2. The summed E-state index contributed by atoms with van der Waals surface area (Å²) in [5.41, 5.74) is 2.29. The Morgan fingerprint density at radius 1 is 1.35 bits per heavy atom. The van der Waals surface area contributed by atoms with Crippen molar-refractivity contribution in [2.75, 3.05) is 14.2 Å². The lowest BCUT2D eigenvalue weighted by Gasteiger charge is -2.44. The average Bonchev–Trinajstić information content (AvgIpc) is 2.35. The molecule has 0 saturated carbocycles. The second kappa shape index (κ2) is 4.72. The van der Waals surface area contributed by atoms with Gasteiger partial charge in [0.2, 0.25) is 0 Å². The summed E-state index contributed by atoms with van der Waals surface area (Å²) in [5.74, 6) is 0.0540. The quantitative estimate of drug-likeness (QED) is 0.744. The van der Waals surface area contributed by atoms with Crippen molar-refractivity contribution >= 4 is 12.0 Å². The molecule has 0 N–H and O–H groups in total. The lowest BCUT2D eigenvalue weighted by Crippen LogP contribution is -2.63. The number of methoxy groups -OCH3 is 1. The van der Waals surface area contributed by atoms with Crippen LogP contribution in [0.1, 0.15) is 12.5 Å². The third-order valence-corrected chi connectivity index (χ3v) is 3.21. The standard InChI is InChI=1S/C14H17NO2/c1-10(9-11-7-5-4-6-8-11)12-13(17-3)14(16)15(12)2/h4-9,12-13H,1-3H3/b10-9-/t12-,13+/m0/s1. The molecule has 1 heterocycles. The number of β-lactam (4-membered cyclic amide) rings is 1. The first-order valence-corrected chi connectivity index (χ1v) is 5.68. The average molecular weight is 231 g/mol. The molecule has 0 aromatic heterocycles. The minimum atomic E-state index is -0.319. The van der Waals surface area contributed by atoms with Gasteiger partial charge in [0, 0.05) is 14.2 Å². The Kier molecular flexibility index (Phi) is 3.29. The Hall–Kier alpha value is -1.61.